The Labute approximate surface area is 195 Å². The van der Waals surface area contributed by atoms with Crippen LogP contribution in [-0.2, 0) is 24.1 Å². The van der Waals surface area contributed by atoms with Crippen LogP contribution in [0.15, 0.2) is 65.1 Å². The van der Waals surface area contributed by atoms with Gasteiger partial charge in [0, 0.05) is 43.8 Å². The van der Waals surface area contributed by atoms with Gasteiger partial charge in [0.1, 0.15) is 0 Å². The van der Waals surface area contributed by atoms with E-state index in [1.807, 2.05) is 41.3 Å². The van der Waals surface area contributed by atoms with Crippen LogP contribution in [-0.4, -0.2) is 39.9 Å². The molecule has 0 bridgehead atoms. The quantitative estimate of drug-likeness (QED) is 0.334. The number of nitrogens with zero attached hydrogens (tertiary/aromatic N) is 3. The monoisotopic (exact) mass is 445 g/mol. The molecule has 0 spiro atoms. The lowest BCUT2D eigenvalue weighted by Crippen LogP contribution is -2.42. The van der Waals surface area contributed by atoms with Gasteiger partial charge in [0.15, 0.2) is 5.78 Å². The number of carbonyl (C=O) groups is 2. The topological polar surface area (TPSA) is 76.3 Å². The first-order valence-corrected chi connectivity index (χ1v) is 11.9. The molecule has 1 aliphatic heterocycles. The average Bonchev–Trinajstić information content (AvgIpc) is 3.33. The second kappa shape index (κ2) is 11.5. The molecule has 33 heavy (non-hydrogen) atoms. The highest BCUT2D eigenvalue weighted by molar-refractivity contribution is 5.98. The zero-order valence-electron chi connectivity index (χ0n) is 19.0. The van der Waals surface area contributed by atoms with Crippen molar-refractivity contribution in [1.29, 1.82) is 0 Å². The number of likely N-dealkylation sites (tertiary alicyclic amines) is 1. The summed E-state index contributed by atoms with van der Waals surface area (Å²) in [6.07, 6.45) is 6.28. The highest BCUT2D eigenvalue weighted by Crippen LogP contribution is 2.22. The number of hydrogen-bond acceptors (Lipinski definition) is 5. The predicted octanol–water partition coefficient (Wildman–Crippen LogP) is 4.69. The minimum atomic E-state index is -0.129. The minimum absolute atomic E-state index is 0.0446. The molecule has 0 aliphatic carbocycles. The van der Waals surface area contributed by atoms with Gasteiger partial charge < -0.3 is 9.32 Å². The van der Waals surface area contributed by atoms with Gasteiger partial charge in [-0.1, -0.05) is 60.7 Å². The second-order valence-electron chi connectivity index (χ2n) is 8.69. The number of unbranched alkanes of at least 4 members (excludes halogenated alkanes) is 1. The summed E-state index contributed by atoms with van der Waals surface area (Å²) >= 11 is 0. The summed E-state index contributed by atoms with van der Waals surface area (Å²) in [6, 6.07) is 19.8. The SMILES string of the molecule is O=C(c1ccccc1)C1CCCN(C(=O)CCc2nnc(CCCCc3ccccc3)o2)C1. The molecule has 3 aromatic rings. The van der Waals surface area contributed by atoms with Crippen molar-refractivity contribution in [3.05, 3.63) is 83.6 Å². The zero-order chi connectivity index (χ0) is 22.9. The highest BCUT2D eigenvalue weighted by Gasteiger charge is 2.29. The van der Waals surface area contributed by atoms with Crippen LogP contribution in [0.4, 0.5) is 0 Å². The number of amides is 1. The summed E-state index contributed by atoms with van der Waals surface area (Å²) in [4.78, 5) is 27.3. The summed E-state index contributed by atoms with van der Waals surface area (Å²) < 4.78 is 5.74. The van der Waals surface area contributed by atoms with Crippen molar-refractivity contribution in [3.8, 4) is 0 Å². The maximum absolute atomic E-state index is 12.8. The first kappa shape index (κ1) is 22.9. The van der Waals surface area contributed by atoms with Crippen molar-refractivity contribution >= 4 is 11.7 Å². The number of aromatic nitrogens is 2. The van der Waals surface area contributed by atoms with Crippen molar-refractivity contribution in [2.45, 2.75) is 51.4 Å². The van der Waals surface area contributed by atoms with Crippen LogP contribution in [0.1, 0.15) is 59.8 Å². The minimum Gasteiger partial charge on any atom is -0.425 e. The molecule has 1 atom stereocenters. The molecule has 1 unspecified atom stereocenters. The lowest BCUT2D eigenvalue weighted by molar-refractivity contribution is -0.132. The Morgan fingerprint density at radius 3 is 2.30 bits per heavy atom. The van der Waals surface area contributed by atoms with Gasteiger partial charge in [-0.25, -0.2) is 0 Å². The van der Waals surface area contributed by atoms with Gasteiger partial charge in [-0.05, 0) is 37.7 Å². The second-order valence-corrected chi connectivity index (χ2v) is 8.69. The largest absolute Gasteiger partial charge is 0.425 e. The van der Waals surface area contributed by atoms with Gasteiger partial charge in [0.2, 0.25) is 17.7 Å². The molecule has 4 rings (SSSR count). The van der Waals surface area contributed by atoms with Crippen LogP contribution in [0, 0.1) is 5.92 Å². The fraction of sp³-hybridized carbons (Fsp3) is 0.407. The number of ketones is 1. The molecular formula is C27H31N3O3. The molecule has 1 amide bonds. The summed E-state index contributed by atoms with van der Waals surface area (Å²) in [7, 11) is 0. The smallest absolute Gasteiger partial charge is 0.223 e. The van der Waals surface area contributed by atoms with E-state index in [4.69, 9.17) is 4.42 Å². The van der Waals surface area contributed by atoms with E-state index in [2.05, 4.69) is 34.5 Å². The van der Waals surface area contributed by atoms with E-state index in [9.17, 15) is 9.59 Å². The van der Waals surface area contributed by atoms with E-state index in [1.54, 1.807) is 0 Å². The first-order chi connectivity index (χ1) is 16.2. The fourth-order valence-electron chi connectivity index (χ4n) is 4.37. The van der Waals surface area contributed by atoms with Gasteiger partial charge in [-0.3, -0.25) is 9.59 Å². The van der Waals surface area contributed by atoms with Crippen molar-refractivity contribution in [1.82, 2.24) is 15.1 Å². The zero-order valence-corrected chi connectivity index (χ0v) is 19.0. The Bertz CT molecular complexity index is 1030. The number of aryl methyl sites for hydroxylation is 3. The summed E-state index contributed by atoms with van der Waals surface area (Å²) in [5, 5.41) is 8.25. The van der Waals surface area contributed by atoms with Crippen LogP contribution < -0.4 is 0 Å². The predicted molar refractivity (Wildman–Crippen MR) is 126 cm³/mol. The number of benzene rings is 2. The number of rotatable bonds is 10. The third-order valence-electron chi connectivity index (χ3n) is 6.21. The van der Waals surface area contributed by atoms with Crippen LogP contribution in [0.25, 0.3) is 0 Å². The average molecular weight is 446 g/mol. The molecule has 1 aliphatic rings. The van der Waals surface area contributed by atoms with E-state index in [1.165, 1.54) is 5.56 Å². The van der Waals surface area contributed by atoms with Gasteiger partial charge in [-0.2, -0.15) is 0 Å². The lowest BCUT2D eigenvalue weighted by Gasteiger charge is -2.32. The summed E-state index contributed by atoms with van der Waals surface area (Å²) in [6.45, 7) is 1.19. The molecule has 2 aromatic carbocycles. The fourth-order valence-corrected chi connectivity index (χ4v) is 4.37. The Hall–Kier alpha value is -3.28. The summed E-state index contributed by atoms with van der Waals surface area (Å²) in [5.41, 5.74) is 2.06. The van der Waals surface area contributed by atoms with Crippen molar-refractivity contribution in [2.75, 3.05) is 13.1 Å². The molecule has 0 radical (unpaired) electrons. The molecule has 1 aromatic heterocycles. The van der Waals surface area contributed by atoms with Gasteiger partial charge in [0.05, 0.1) is 0 Å². The summed E-state index contributed by atoms with van der Waals surface area (Å²) in [5.74, 6) is 1.19. The standard InChI is InChI=1S/C27H31N3O3/c31-26(30-19-9-15-23(20-30)27(32)22-13-5-2-6-14-22)18-17-25-29-28-24(33-25)16-8-7-12-21-10-3-1-4-11-21/h1-6,10-11,13-14,23H,7-9,12,15-20H2. The van der Waals surface area contributed by atoms with E-state index in [0.29, 0.717) is 37.7 Å². The molecule has 6 heteroatoms. The van der Waals surface area contributed by atoms with Gasteiger partial charge in [-0.15, -0.1) is 10.2 Å². The van der Waals surface area contributed by atoms with E-state index < -0.39 is 0 Å². The third-order valence-corrected chi connectivity index (χ3v) is 6.21. The van der Waals surface area contributed by atoms with Crippen LogP contribution in [0.3, 0.4) is 0 Å². The van der Waals surface area contributed by atoms with Crippen molar-refractivity contribution < 1.29 is 14.0 Å². The highest BCUT2D eigenvalue weighted by atomic mass is 16.4. The number of carbonyl (C=O) groups excluding carboxylic acids is 2. The Morgan fingerprint density at radius 2 is 1.55 bits per heavy atom. The molecular weight excluding hydrogens is 414 g/mol. The maximum atomic E-state index is 12.8. The molecule has 1 saturated heterocycles. The third kappa shape index (κ3) is 6.60. The van der Waals surface area contributed by atoms with E-state index in [-0.39, 0.29) is 17.6 Å². The normalized spacial score (nSPS) is 16.0. The van der Waals surface area contributed by atoms with E-state index in [0.717, 1.165) is 44.1 Å². The van der Waals surface area contributed by atoms with Crippen LogP contribution in [0.2, 0.25) is 0 Å². The molecule has 0 saturated carbocycles. The number of Topliss-reactive ketones (excluding diaryl/α,β-unsaturated/α-hetero) is 1. The van der Waals surface area contributed by atoms with Crippen molar-refractivity contribution in [2.24, 2.45) is 5.92 Å². The number of hydrogen-bond donors (Lipinski definition) is 0. The lowest BCUT2D eigenvalue weighted by atomic mass is 9.90. The van der Waals surface area contributed by atoms with Crippen LogP contribution >= 0.6 is 0 Å². The van der Waals surface area contributed by atoms with Gasteiger partial charge in [0.25, 0.3) is 0 Å². The Balaban J connectivity index is 1.19. The van der Waals surface area contributed by atoms with Crippen LogP contribution in [0.5, 0.6) is 0 Å². The first-order valence-electron chi connectivity index (χ1n) is 11.9. The van der Waals surface area contributed by atoms with Gasteiger partial charge >= 0.3 is 0 Å². The molecule has 0 N–H and O–H groups in total. The Morgan fingerprint density at radius 1 is 0.879 bits per heavy atom. The molecule has 6 nitrogen and oxygen atoms in total. The molecule has 172 valence electrons. The molecule has 2 heterocycles. The molecule has 1 fully saturated rings. The maximum Gasteiger partial charge on any atom is 0.223 e. The Kier molecular flexibility index (Phi) is 8.01. The number of piperidine rings is 1. The van der Waals surface area contributed by atoms with E-state index >= 15 is 0 Å². The van der Waals surface area contributed by atoms with Crippen molar-refractivity contribution in [3.63, 3.8) is 0 Å².